The number of phenolic OH excluding ortho intramolecular Hbond substituents is 2. The second-order valence-electron chi connectivity index (χ2n) is 8.66. The van der Waals surface area contributed by atoms with E-state index >= 15 is 0 Å². The number of halogens is 2. The first-order chi connectivity index (χ1) is 18.4. The molecule has 0 saturated heterocycles. The third-order valence-electron chi connectivity index (χ3n) is 6.05. The molecular formula is C29H31ClFN3O5. The molecule has 0 saturated carbocycles. The van der Waals surface area contributed by atoms with Crippen molar-refractivity contribution in [1.82, 2.24) is 10.5 Å². The van der Waals surface area contributed by atoms with Gasteiger partial charge in [-0.05, 0) is 43.2 Å². The van der Waals surface area contributed by atoms with Gasteiger partial charge in [0.2, 0.25) is 0 Å². The van der Waals surface area contributed by atoms with Gasteiger partial charge in [-0.15, -0.1) is 0 Å². The number of rotatable bonds is 11. The minimum absolute atomic E-state index is 0. The molecule has 0 aliphatic heterocycles. The van der Waals surface area contributed by atoms with E-state index in [0.29, 0.717) is 42.0 Å². The van der Waals surface area contributed by atoms with E-state index in [4.69, 9.17) is 9.26 Å². The van der Waals surface area contributed by atoms with Crippen molar-refractivity contribution < 1.29 is 46.4 Å². The number of aromatic hydroxyl groups is 2. The summed E-state index contributed by atoms with van der Waals surface area (Å²) in [6, 6.07) is 16.0. The average molecular weight is 556 g/mol. The van der Waals surface area contributed by atoms with Gasteiger partial charge in [0.1, 0.15) is 23.9 Å². The summed E-state index contributed by atoms with van der Waals surface area (Å²) in [6.45, 7) is 7.17. The maximum Gasteiger partial charge on any atom is 0.274 e. The highest BCUT2D eigenvalue weighted by Gasteiger charge is 2.27. The lowest BCUT2D eigenvalue weighted by Crippen LogP contribution is -3.00. The van der Waals surface area contributed by atoms with Crippen LogP contribution >= 0.6 is 0 Å². The number of carbonyl (C=O) groups excluding carboxylic acids is 1. The van der Waals surface area contributed by atoms with E-state index in [1.807, 2.05) is 31.2 Å². The molecular weight excluding hydrogens is 525 g/mol. The zero-order chi connectivity index (χ0) is 27.1. The van der Waals surface area contributed by atoms with Gasteiger partial charge in [0.05, 0.1) is 24.3 Å². The van der Waals surface area contributed by atoms with Crippen molar-refractivity contribution in [2.45, 2.75) is 20.4 Å². The third kappa shape index (κ3) is 6.94. The quantitative estimate of drug-likeness (QED) is 0.206. The van der Waals surface area contributed by atoms with Gasteiger partial charge in [0, 0.05) is 30.3 Å². The second-order valence-corrected chi connectivity index (χ2v) is 8.66. The molecule has 39 heavy (non-hydrogen) atoms. The topological polar surface area (TPSA) is 121 Å². The summed E-state index contributed by atoms with van der Waals surface area (Å²) in [5.74, 6) is -1.10. The molecule has 0 aliphatic rings. The molecule has 5 N–H and O–H groups in total. The van der Waals surface area contributed by atoms with Crippen LogP contribution in [0.2, 0.25) is 0 Å². The number of quaternary nitrogens is 1. The van der Waals surface area contributed by atoms with E-state index in [1.54, 1.807) is 6.92 Å². The summed E-state index contributed by atoms with van der Waals surface area (Å²) >= 11 is 0. The van der Waals surface area contributed by atoms with Crippen molar-refractivity contribution in [3.05, 3.63) is 77.7 Å². The van der Waals surface area contributed by atoms with Crippen molar-refractivity contribution in [2.75, 3.05) is 26.3 Å². The maximum absolute atomic E-state index is 13.5. The molecule has 0 fully saturated rings. The lowest BCUT2D eigenvalue weighted by molar-refractivity contribution is -0.672. The molecule has 0 unspecified atom stereocenters. The second kappa shape index (κ2) is 13.7. The van der Waals surface area contributed by atoms with Crippen LogP contribution in [0.25, 0.3) is 33.6 Å². The highest BCUT2D eigenvalue weighted by atomic mass is 35.5. The zero-order valence-electron chi connectivity index (χ0n) is 21.7. The first-order valence-electron chi connectivity index (χ1n) is 12.5. The summed E-state index contributed by atoms with van der Waals surface area (Å²) in [5.41, 5.74) is 3.39. The predicted molar refractivity (Wildman–Crippen MR) is 141 cm³/mol. The number of hydrogen-bond acceptors (Lipinski definition) is 6. The molecule has 0 atom stereocenters. The number of nitrogens with zero attached hydrogens (tertiary/aromatic N) is 1. The van der Waals surface area contributed by atoms with Gasteiger partial charge in [-0.1, -0.05) is 41.6 Å². The molecule has 0 radical (unpaired) electrons. The Balaban J connectivity index is 0.00000420. The minimum atomic E-state index is -0.414. The first kappa shape index (κ1) is 29.6. The molecule has 4 rings (SSSR count). The monoisotopic (exact) mass is 555 g/mol. The molecule has 1 heterocycles. The van der Waals surface area contributed by atoms with Crippen molar-refractivity contribution in [2.24, 2.45) is 0 Å². The molecule has 3 aromatic carbocycles. The predicted octanol–water partition coefficient (Wildman–Crippen LogP) is 1.08. The fraction of sp³-hybridized carbons (Fsp3) is 0.241. The first-order valence-corrected chi connectivity index (χ1v) is 12.5. The average Bonchev–Trinajstić information content (AvgIpc) is 3.35. The number of benzene rings is 3. The van der Waals surface area contributed by atoms with Crippen LogP contribution in [-0.2, 0) is 11.3 Å². The molecule has 4 aromatic rings. The van der Waals surface area contributed by atoms with Gasteiger partial charge < -0.3 is 42.5 Å². The number of carbonyl (C=O) groups is 1. The van der Waals surface area contributed by atoms with Crippen LogP contribution in [0.15, 0.2) is 65.2 Å². The molecule has 0 bridgehead atoms. The van der Waals surface area contributed by atoms with Gasteiger partial charge in [-0.2, -0.15) is 0 Å². The highest BCUT2D eigenvalue weighted by molar-refractivity contribution is 6.03. The number of aromatic nitrogens is 1. The Kier molecular flexibility index (Phi) is 10.4. The lowest BCUT2D eigenvalue weighted by atomic mass is 9.95. The van der Waals surface area contributed by atoms with E-state index in [2.05, 4.69) is 15.8 Å². The Morgan fingerprint density at radius 3 is 2.33 bits per heavy atom. The van der Waals surface area contributed by atoms with E-state index in [1.165, 1.54) is 36.4 Å². The van der Waals surface area contributed by atoms with Crippen LogP contribution < -0.4 is 23.0 Å². The highest BCUT2D eigenvalue weighted by Crippen LogP contribution is 2.44. The summed E-state index contributed by atoms with van der Waals surface area (Å²) in [4.78, 5) is 12.8. The van der Waals surface area contributed by atoms with Crippen LogP contribution in [0.4, 0.5) is 4.39 Å². The summed E-state index contributed by atoms with van der Waals surface area (Å²) in [5, 5.41) is 30.2. The summed E-state index contributed by atoms with van der Waals surface area (Å²) in [6.07, 6.45) is 0. The molecule has 1 aromatic heterocycles. The minimum Gasteiger partial charge on any atom is -1.00 e. The Bertz CT molecular complexity index is 1390. The van der Waals surface area contributed by atoms with Gasteiger partial charge in [-0.25, -0.2) is 4.39 Å². The van der Waals surface area contributed by atoms with Crippen molar-refractivity contribution in [3.63, 3.8) is 0 Å². The van der Waals surface area contributed by atoms with Crippen LogP contribution in [-0.4, -0.2) is 47.6 Å². The number of nitrogens with one attached hydrogen (secondary N) is 1. The van der Waals surface area contributed by atoms with Crippen molar-refractivity contribution in [3.8, 4) is 45.1 Å². The van der Waals surface area contributed by atoms with Gasteiger partial charge >= 0.3 is 0 Å². The number of ether oxygens (including phenoxy) is 1. The van der Waals surface area contributed by atoms with Crippen molar-refractivity contribution >= 4 is 5.91 Å². The zero-order valence-corrected chi connectivity index (χ0v) is 22.5. The van der Waals surface area contributed by atoms with Crippen LogP contribution in [0.5, 0.6) is 11.5 Å². The smallest absolute Gasteiger partial charge is 0.274 e. The molecule has 8 nitrogen and oxygen atoms in total. The van der Waals surface area contributed by atoms with Gasteiger partial charge in [0.15, 0.2) is 11.5 Å². The SMILES string of the molecule is CCNC(=O)c1noc(-c2cc(-c3ccc(F)cc3)c(O)cc2O)c1-c1ccc(C[NH2+]CCOCC)cc1.[Cl-]. The number of hydrogen-bond donors (Lipinski definition) is 4. The Hall–Kier alpha value is -3.92. The van der Waals surface area contributed by atoms with Crippen LogP contribution in [0, 0.1) is 5.82 Å². The third-order valence-corrected chi connectivity index (χ3v) is 6.05. The Morgan fingerprint density at radius 1 is 1.00 bits per heavy atom. The van der Waals surface area contributed by atoms with E-state index < -0.39 is 11.7 Å². The lowest BCUT2D eigenvalue weighted by Gasteiger charge is -2.11. The molecule has 0 spiro atoms. The summed E-state index contributed by atoms with van der Waals surface area (Å²) in [7, 11) is 0. The Labute approximate surface area is 232 Å². The molecule has 0 aliphatic carbocycles. The van der Waals surface area contributed by atoms with Gasteiger partial charge in [0.25, 0.3) is 5.91 Å². The number of nitrogens with two attached hydrogens (primary N) is 1. The Morgan fingerprint density at radius 2 is 1.67 bits per heavy atom. The van der Waals surface area contributed by atoms with Crippen LogP contribution in [0.3, 0.4) is 0 Å². The summed E-state index contributed by atoms with van der Waals surface area (Å²) < 4.78 is 24.5. The van der Waals surface area contributed by atoms with E-state index in [9.17, 15) is 19.4 Å². The normalized spacial score (nSPS) is 10.7. The number of phenols is 2. The van der Waals surface area contributed by atoms with Gasteiger partial charge in [-0.3, -0.25) is 4.79 Å². The number of amides is 1. The maximum atomic E-state index is 13.5. The molecule has 1 amide bonds. The fourth-order valence-corrected chi connectivity index (χ4v) is 4.15. The fourth-order valence-electron chi connectivity index (χ4n) is 4.15. The van der Waals surface area contributed by atoms with Crippen molar-refractivity contribution in [1.29, 1.82) is 0 Å². The van der Waals surface area contributed by atoms with E-state index in [0.717, 1.165) is 18.7 Å². The van der Waals surface area contributed by atoms with E-state index in [-0.39, 0.29) is 40.9 Å². The largest absolute Gasteiger partial charge is 1.00 e. The van der Waals surface area contributed by atoms with Crippen LogP contribution in [0.1, 0.15) is 29.9 Å². The molecule has 10 heteroatoms. The standard InChI is InChI=1S/C29H30FN3O5.ClH/c1-3-32-29(36)27-26(20-7-5-18(6-8-20)17-31-13-14-37-4-2)28(38-33-27)23-15-22(24(34)16-25(23)35)19-9-11-21(30)12-10-19;/h5-12,15-16,31,34-35H,3-4,13-14,17H2,1-2H3,(H,32,36);1H. The molecule has 206 valence electrons.